The average molecular weight is 518 g/mol. The topological polar surface area (TPSA) is 183 Å². The molecule has 1 aliphatic heterocycles. The van der Waals surface area contributed by atoms with Gasteiger partial charge in [-0.2, -0.15) is 0 Å². The Balaban J connectivity index is 0.000000221. The van der Waals surface area contributed by atoms with Crippen LogP contribution in [-0.4, -0.2) is 66.5 Å². The summed E-state index contributed by atoms with van der Waals surface area (Å²) in [6.07, 6.45) is 0. The van der Waals surface area contributed by atoms with Gasteiger partial charge >= 0.3 is 12.0 Å². The number of nitrogens with zero attached hydrogens (tertiary/aromatic N) is 3. The Morgan fingerprint density at radius 3 is 2.00 bits per heavy atom. The Labute approximate surface area is 220 Å². The van der Waals surface area contributed by atoms with Gasteiger partial charge < -0.3 is 32.1 Å². The molecule has 4 rings (SSSR count). The van der Waals surface area contributed by atoms with Crippen LogP contribution in [0, 0.1) is 5.41 Å². The number of hydrogen-bond acceptors (Lipinski definition) is 6. The third-order valence-corrected chi connectivity index (χ3v) is 5.88. The molecule has 0 saturated carbocycles. The first kappa shape index (κ1) is 27.5. The van der Waals surface area contributed by atoms with E-state index >= 15 is 0 Å². The van der Waals surface area contributed by atoms with E-state index in [4.69, 9.17) is 27.7 Å². The summed E-state index contributed by atoms with van der Waals surface area (Å²) in [7, 11) is 0. The van der Waals surface area contributed by atoms with Crippen molar-refractivity contribution in [2.45, 2.75) is 0 Å². The van der Waals surface area contributed by atoms with Crippen LogP contribution in [0.25, 0.3) is 0 Å². The standard InChI is InChI=1S/C16H15N3O3.C11H16N4O/c17-15(18)11-5-4-6-12(9-11)16(22)19(10-14(20)21)13-7-2-1-3-8-13;12-9-1-3-10(4-2-9)14-5-7-15(8-6-14)11(13)16/h1-9H,10H2,(H3,17,18)(H,20,21);1-4H,5-8,12H2,(H2,13,16). The number of nitrogen functional groups attached to an aromatic ring is 2. The lowest BCUT2D eigenvalue weighted by atomic mass is 10.1. The number of anilines is 3. The summed E-state index contributed by atoms with van der Waals surface area (Å²) in [5.41, 5.74) is 19.3. The number of primary amides is 1. The Hall–Kier alpha value is -5.06. The SMILES string of the molecule is N=C(N)c1cccc(C(=O)N(CC(=O)O)c2ccccc2)c1.NC(=O)N1CCN(c2ccc(N)cc2)CC1. The molecule has 11 heteroatoms. The predicted octanol–water partition coefficient (Wildman–Crippen LogP) is 2.17. The third-order valence-electron chi connectivity index (χ3n) is 5.88. The maximum atomic E-state index is 12.6. The van der Waals surface area contributed by atoms with E-state index in [2.05, 4.69) is 4.90 Å². The molecular weight excluding hydrogens is 486 g/mol. The van der Waals surface area contributed by atoms with Crippen molar-refractivity contribution in [3.63, 3.8) is 0 Å². The van der Waals surface area contributed by atoms with E-state index in [1.54, 1.807) is 53.4 Å². The van der Waals surface area contributed by atoms with Crippen molar-refractivity contribution < 1.29 is 19.5 Å². The number of carbonyl (C=O) groups is 3. The minimum atomic E-state index is -1.11. The van der Waals surface area contributed by atoms with E-state index in [0.29, 0.717) is 24.3 Å². The van der Waals surface area contributed by atoms with E-state index in [9.17, 15) is 14.4 Å². The molecule has 3 aromatic carbocycles. The summed E-state index contributed by atoms with van der Waals surface area (Å²) >= 11 is 0. The minimum absolute atomic E-state index is 0.154. The molecule has 1 aliphatic rings. The maximum absolute atomic E-state index is 12.6. The molecule has 1 saturated heterocycles. The van der Waals surface area contributed by atoms with Crippen molar-refractivity contribution in [1.29, 1.82) is 5.41 Å². The second-order valence-corrected chi connectivity index (χ2v) is 8.52. The van der Waals surface area contributed by atoms with Crippen molar-refractivity contribution in [2.75, 3.05) is 48.3 Å². The van der Waals surface area contributed by atoms with Gasteiger partial charge in [-0.05, 0) is 48.5 Å². The predicted molar refractivity (Wildman–Crippen MR) is 147 cm³/mol. The highest BCUT2D eigenvalue weighted by molar-refractivity contribution is 6.09. The van der Waals surface area contributed by atoms with Crippen molar-refractivity contribution >= 4 is 40.8 Å². The first-order valence-corrected chi connectivity index (χ1v) is 11.8. The quantitative estimate of drug-likeness (QED) is 0.188. The number of nitrogens with one attached hydrogen (secondary N) is 1. The van der Waals surface area contributed by atoms with E-state index in [-0.39, 0.29) is 17.4 Å². The molecule has 198 valence electrons. The monoisotopic (exact) mass is 517 g/mol. The fourth-order valence-corrected chi connectivity index (χ4v) is 3.87. The summed E-state index contributed by atoms with van der Waals surface area (Å²) < 4.78 is 0. The van der Waals surface area contributed by atoms with Crippen LogP contribution < -0.4 is 27.0 Å². The first-order valence-electron chi connectivity index (χ1n) is 11.8. The summed E-state index contributed by atoms with van der Waals surface area (Å²) in [5.74, 6) is -1.73. The summed E-state index contributed by atoms with van der Waals surface area (Å²) in [4.78, 5) is 39.7. The van der Waals surface area contributed by atoms with Crippen LogP contribution in [0.1, 0.15) is 15.9 Å². The van der Waals surface area contributed by atoms with Gasteiger partial charge in [0.05, 0.1) is 0 Å². The van der Waals surface area contributed by atoms with Crippen molar-refractivity contribution in [1.82, 2.24) is 4.90 Å². The Bertz CT molecular complexity index is 1270. The van der Waals surface area contributed by atoms with Gasteiger partial charge in [-0.15, -0.1) is 0 Å². The molecule has 1 fully saturated rings. The van der Waals surface area contributed by atoms with Crippen LogP contribution >= 0.6 is 0 Å². The third kappa shape index (κ3) is 7.47. The smallest absolute Gasteiger partial charge is 0.323 e. The largest absolute Gasteiger partial charge is 0.480 e. The van der Waals surface area contributed by atoms with E-state index < -0.39 is 18.4 Å². The van der Waals surface area contributed by atoms with Gasteiger partial charge in [0, 0.05) is 54.4 Å². The molecular formula is C27H31N7O4. The van der Waals surface area contributed by atoms with Crippen molar-refractivity contribution in [2.24, 2.45) is 11.5 Å². The lowest BCUT2D eigenvalue weighted by Gasteiger charge is -2.35. The van der Waals surface area contributed by atoms with Gasteiger partial charge in [-0.3, -0.25) is 19.9 Å². The molecule has 0 spiro atoms. The number of benzene rings is 3. The highest BCUT2D eigenvalue weighted by Crippen LogP contribution is 2.19. The fraction of sp³-hybridized carbons (Fsp3) is 0.185. The number of rotatable bonds is 6. The van der Waals surface area contributed by atoms with Gasteiger partial charge in [-0.25, -0.2) is 4.79 Å². The van der Waals surface area contributed by atoms with Crippen LogP contribution in [0.4, 0.5) is 21.9 Å². The zero-order valence-electron chi connectivity index (χ0n) is 20.8. The molecule has 0 bridgehead atoms. The molecule has 0 unspecified atom stereocenters. The van der Waals surface area contributed by atoms with Gasteiger partial charge in [0.1, 0.15) is 12.4 Å². The number of nitrogens with two attached hydrogens (primary N) is 3. The number of piperazine rings is 1. The first-order chi connectivity index (χ1) is 18.2. The van der Waals surface area contributed by atoms with Gasteiger partial charge in [0.25, 0.3) is 5.91 Å². The van der Waals surface area contributed by atoms with E-state index in [1.165, 1.54) is 11.0 Å². The normalized spacial score (nSPS) is 12.6. The molecule has 0 radical (unpaired) electrons. The van der Waals surface area contributed by atoms with E-state index in [0.717, 1.165) is 24.5 Å². The fourth-order valence-electron chi connectivity index (χ4n) is 3.87. The number of carboxylic acid groups (broad SMARTS) is 1. The number of carboxylic acids is 1. The second-order valence-electron chi connectivity index (χ2n) is 8.52. The molecule has 0 atom stereocenters. The minimum Gasteiger partial charge on any atom is -0.480 e. The zero-order chi connectivity index (χ0) is 27.7. The average Bonchev–Trinajstić information content (AvgIpc) is 2.92. The number of urea groups is 1. The second kappa shape index (κ2) is 12.8. The Kier molecular flexibility index (Phi) is 9.25. The summed E-state index contributed by atoms with van der Waals surface area (Å²) in [6, 6.07) is 22.2. The van der Waals surface area contributed by atoms with Crippen LogP contribution in [0.2, 0.25) is 0 Å². The molecule has 0 aliphatic carbocycles. The molecule has 3 aromatic rings. The number of carbonyl (C=O) groups excluding carboxylic acids is 2. The molecule has 38 heavy (non-hydrogen) atoms. The van der Waals surface area contributed by atoms with Crippen LogP contribution in [-0.2, 0) is 4.79 Å². The zero-order valence-corrected chi connectivity index (χ0v) is 20.8. The van der Waals surface area contributed by atoms with Crippen LogP contribution in [0.5, 0.6) is 0 Å². The maximum Gasteiger partial charge on any atom is 0.323 e. The van der Waals surface area contributed by atoms with Gasteiger partial charge in [0.15, 0.2) is 0 Å². The highest BCUT2D eigenvalue weighted by Gasteiger charge is 2.21. The van der Waals surface area contributed by atoms with E-state index in [1.807, 2.05) is 24.3 Å². The number of hydrogen-bond donors (Lipinski definition) is 5. The van der Waals surface area contributed by atoms with Gasteiger partial charge in [-0.1, -0.05) is 30.3 Å². The van der Waals surface area contributed by atoms with Crippen LogP contribution in [0.15, 0.2) is 78.9 Å². The van der Waals surface area contributed by atoms with Crippen molar-refractivity contribution in [3.8, 4) is 0 Å². The number of amides is 3. The number of para-hydroxylation sites is 1. The lowest BCUT2D eigenvalue weighted by Crippen LogP contribution is -2.50. The Morgan fingerprint density at radius 2 is 1.45 bits per heavy atom. The molecule has 8 N–H and O–H groups in total. The van der Waals surface area contributed by atoms with Gasteiger partial charge in [0.2, 0.25) is 0 Å². The lowest BCUT2D eigenvalue weighted by molar-refractivity contribution is -0.135. The molecule has 11 nitrogen and oxygen atoms in total. The molecule has 1 heterocycles. The Morgan fingerprint density at radius 1 is 0.842 bits per heavy atom. The highest BCUT2D eigenvalue weighted by atomic mass is 16.4. The molecule has 0 aromatic heterocycles. The number of amidine groups is 1. The molecule has 3 amide bonds. The summed E-state index contributed by atoms with van der Waals surface area (Å²) in [6.45, 7) is 2.53. The summed E-state index contributed by atoms with van der Waals surface area (Å²) in [5, 5.41) is 16.5. The van der Waals surface area contributed by atoms with Crippen LogP contribution in [0.3, 0.4) is 0 Å². The van der Waals surface area contributed by atoms with Crippen molar-refractivity contribution in [3.05, 3.63) is 90.0 Å². The number of aliphatic carboxylic acids is 1.